The quantitative estimate of drug-likeness (QED) is 0.542. The van der Waals surface area contributed by atoms with Gasteiger partial charge in [0.05, 0.1) is 5.75 Å². The molecule has 1 spiro atoms. The molecule has 2 saturated heterocycles. The SMILES string of the molecule is COCCCN1CC2(CCN(C(=O)CSc3ccccc3)CC2)CC1=O. The Morgan fingerprint density at radius 2 is 1.96 bits per heavy atom. The van der Waals surface area contributed by atoms with Crippen LogP contribution < -0.4 is 0 Å². The summed E-state index contributed by atoms with van der Waals surface area (Å²) in [5, 5.41) is 0. The third-order valence-electron chi connectivity index (χ3n) is 5.46. The molecule has 0 unspecified atom stereocenters. The van der Waals surface area contributed by atoms with Crippen LogP contribution in [0.1, 0.15) is 25.7 Å². The Labute approximate surface area is 160 Å². The third kappa shape index (κ3) is 4.80. The number of benzene rings is 1. The van der Waals surface area contributed by atoms with Crippen LogP contribution in [0.3, 0.4) is 0 Å². The van der Waals surface area contributed by atoms with Crippen LogP contribution in [0.15, 0.2) is 35.2 Å². The van der Waals surface area contributed by atoms with Crippen LogP contribution in [-0.4, -0.2) is 67.3 Å². The standard InChI is InChI=1S/C20H28N2O3S/c1-25-13-5-10-22-16-20(14-18(22)23)8-11-21(12-9-20)19(24)15-26-17-6-3-2-4-7-17/h2-4,6-7H,5,8-16H2,1H3. The highest BCUT2D eigenvalue weighted by atomic mass is 32.2. The van der Waals surface area contributed by atoms with Gasteiger partial charge >= 0.3 is 0 Å². The monoisotopic (exact) mass is 376 g/mol. The Bertz CT molecular complexity index is 615. The number of rotatable bonds is 7. The summed E-state index contributed by atoms with van der Waals surface area (Å²) in [7, 11) is 1.69. The van der Waals surface area contributed by atoms with Crippen molar-refractivity contribution in [3.63, 3.8) is 0 Å². The number of methoxy groups -OCH3 is 1. The van der Waals surface area contributed by atoms with E-state index in [1.54, 1.807) is 18.9 Å². The summed E-state index contributed by atoms with van der Waals surface area (Å²) in [6.07, 6.45) is 3.39. The second-order valence-corrected chi connectivity index (χ2v) is 8.37. The molecule has 6 heteroatoms. The highest BCUT2D eigenvalue weighted by Crippen LogP contribution is 2.41. The van der Waals surface area contributed by atoms with Gasteiger partial charge in [0.1, 0.15) is 0 Å². The van der Waals surface area contributed by atoms with Crippen LogP contribution in [0.2, 0.25) is 0 Å². The van der Waals surface area contributed by atoms with E-state index in [9.17, 15) is 9.59 Å². The molecule has 2 heterocycles. The fraction of sp³-hybridized carbons (Fsp3) is 0.600. The lowest BCUT2D eigenvalue weighted by atomic mass is 9.77. The number of ether oxygens (including phenoxy) is 1. The van der Waals surface area contributed by atoms with E-state index in [4.69, 9.17) is 4.74 Å². The normalized spacial score (nSPS) is 19.3. The molecular formula is C20H28N2O3S. The number of carbonyl (C=O) groups is 2. The second kappa shape index (κ2) is 8.91. The lowest BCUT2D eigenvalue weighted by molar-refractivity contribution is -0.130. The van der Waals surface area contributed by atoms with Gasteiger partial charge in [-0.3, -0.25) is 9.59 Å². The van der Waals surface area contributed by atoms with E-state index in [1.165, 1.54) is 0 Å². The molecule has 1 aromatic carbocycles. The molecule has 2 fully saturated rings. The smallest absolute Gasteiger partial charge is 0.232 e. The molecule has 26 heavy (non-hydrogen) atoms. The molecule has 0 aliphatic carbocycles. The zero-order chi connectivity index (χ0) is 18.4. The Kier molecular flexibility index (Phi) is 6.59. The Hall–Kier alpha value is -1.53. The predicted molar refractivity (Wildman–Crippen MR) is 103 cm³/mol. The van der Waals surface area contributed by atoms with Crippen molar-refractivity contribution in [3.8, 4) is 0 Å². The molecule has 2 aliphatic heterocycles. The first-order valence-corrected chi connectivity index (χ1v) is 10.3. The minimum atomic E-state index is 0.0769. The van der Waals surface area contributed by atoms with Crippen molar-refractivity contribution < 1.29 is 14.3 Å². The molecule has 0 radical (unpaired) electrons. The summed E-state index contributed by atoms with van der Waals surface area (Å²) in [5.74, 6) is 0.953. The number of likely N-dealkylation sites (tertiary alicyclic amines) is 2. The van der Waals surface area contributed by atoms with Crippen LogP contribution in [0.4, 0.5) is 0 Å². The maximum Gasteiger partial charge on any atom is 0.232 e. The van der Waals surface area contributed by atoms with Crippen molar-refractivity contribution in [2.45, 2.75) is 30.6 Å². The summed E-state index contributed by atoms with van der Waals surface area (Å²) in [5.41, 5.74) is 0.0769. The van der Waals surface area contributed by atoms with E-state index < -0.39 is 0 Å². The van der Waals surface area contributed by atoms with Crippen LogP contribution in [-0.2, 0) is 14.3 Å². The molecule has 0 atom stereocenters. The van der Waals surface area contributed by atoms with E-state index in [1.807, 2.05) is 40.1 Å². The van der Waals surface area contributed by atoms with E-state index in [2.05, 4.69) is 0 Å². The summed E-state index contributed by atoms with van der Waals surface area (Å²) in [4.78, 5) is 29.9. The third-order valence-corrected chi connectivity index (χ3v) is 6.46. The molecule has 0 saturated carbocycles. The van der Waals surface area contributed by atoms with Crippen molar-refractivity contribution in [1.82, 2.24) is 9.80 Å². The van der Waals surface area contributed by atoms with Crippen LogP contribution in [0.5, 0.6) is 0 Å². The minimum Gasteiger partial charge on any atom is -0.385 e. The number of thioether (sulfide) groups is 1. The van der Waals surface area contributed by atoms with Crippen molar-refractivity contribution in [3.05, 3.63) is 30.3 Å². The minimum absolute atomic E-state index is 0.0769. The number of nitrogens with zero attached hydrogens (tertiary/aromatic N) is 2. The van der Waals surface area contributed by atoms with Crippen molar-refractivity contribution >= 4 is 23.6 Å². The van der Waals surface area contributed by atoms with Gasteiger partial charge in [0.2, 0.25) is 11.8 Å². The average molecular weight is 377 g/mol. The highest BCUT2D eigenvalue weighted by Gasteiger charge is 2.45. The highest BCUT2D eigenvalue weighted by molar-refractivity contribution is 8.00. The summed E-state index contributed by atoms with van der Waals surface area (Å²) in [6, 6.07) is 10.0. The molecule has 2 amide bonds. The van der Waals surface area contributed by atoms with Gasteiger partial charge in [-0.15, -0.1) is 11.8 Å². The first-order valence-electron chi connectivity index (χ1n) is 9.34. The maximum atomic E-state index is 12.5. The largest absolute Gasteiger partial charge is 0.385 e. The maximum absolute atomic E-state index is 12.5. The lowest BCUT2D eigenvalue weighted by Crippen LogP contribution is -2.45. The van der Waals surface area contributed by atoms with Crippen LogP contribution in [0.25, 0.3) is 0 Å². The van der Waals surface area contributed by atoms with Gasteiger partial charge in [-0.25, -0.2) is 0 Å². The van der Waals surface area contributed by atoms with Gasteiger partial charge in [0.25, 0.3) is 0 Å². The fourth-order valence-electron chi connectivity index (χ4n) is 3.90. The topological polar surface area (TPSA) is 49.9 Å². The Balaban J connectivity index is 1.45. The zero-order valence-corrected chi connectivity index (χ0v) is 16.3. The number of amides is 2. The summed E-state index contributed by atoms with van der Waals surface area (Å²) in [6.45, 7) is 3.86. The van der Waals surface area contributed by atoms with Crippen LogP contribution >= 0.6 is 11.8 Å². The first kappa shape index (κ1) is 19.2. The summed E-state index contributed by atoms with van der Waals surface area (Å²) >= 11 is 1.59. The molecule has 0 N–H and O–H groups in total. The number of hydrogen-bond acceptors (Lipinski definition) is 4. The fourth-order valence-corrected chi connectivity index (χ4v) is 4.73. The molecule has 0 aromatic heterocycles. The van der Waals surface area contributed by atoms with Gasteiger partial charge in [0, 0.05) is 56.6 Å². The van der Waals surface area contributed by atoms with E-state index in [0.29, 0.717) is 18.8 Å². The second-order valence-electron chi connectivity index (χ2n) is 7.32. The molecule has 142 valence electrons. The lowest BCUT2D eigenvalue weighted by Gasteiger charge is -2.38. The Morgan fingerprint density at radius 3 is 2.65 bits per heavy atom. The molecule has 1 aromatic rings. The van der Waals surface area contributed by atoms with Crippen molar-refractivity contribution in [1.29, 1.82) is 0 Å². The molecule has 5 nitrogen and oxygen atoms in total. The first-order chi connectivity index (χ1) is 12.6. The van der Waals surface area contributed by atoms with Gasteiger partial charge in [-0.2, -0.15) is 0 Å². The number of hydrogen-bond donors (Lipinski definition) is 0. The van der Waals surface area contributed by atoms with Gasteiger partial charge in [0.15, 0.2) is 0 Å². The van der Waals surface area contributed by atoms with Gasteiger partial charge in [-0.1, -0.05) is 18.2 Å². The average Bonchev–Trinajstić information content (AvgIpc) is 2.96. The molecule has 3 rings (SSSR count). The predicted octanol–water partition coefficient (Wildman–Crippen LogP) is 2.66. The van der Waals surface area contributed by atoms with E-state index >= 15 is 0 Å². The van der Waals surface area contributed by atoms with Crippen molar-refractivity contribution in [2.75, 3.05) is 45.6 Å². The van der Waals surface area contributed by atoms with Gasteiger partial charge in [-0.05, 0) is 31.4 Å². The number of carbonyl (C=O) groups excluding carboxylic acids is 2. The van der Waals surface area contributed by atoms with E-state index in [0.717, 1.165) is 50.3 Å². The van der Waals surface area contributed by atoms with Crippen molar-refractivity contribution in [2.24, 2.45) is 5.41 Å². The molecule has 2 aliphatic rings. The van der Waals surface area contributed by atoms with Gasteiger partial charge < -0.3 is 14.5 Å². The molecule has 0 bridgehead atoms. The molecular weight excluding hydrogens is 348 g/mol. The Morgan fingerprint density at radius 1 is 1.23 bits per heavy atom. The number of piperidine rings is 1. The summed E-state index contributed by atoms with van der Waals surface area (Å²) < 4.78 is 5.09. The zero-order valence-electron chi connectivity index (χ0n) is 15.5. The van der Waals surface area contributed by atoms with E-state index in [-0.39, 0.29) is 17.2 Å². The van der Waals surface area contributed by atoms with Crippen LogP contribution in [0, 0.1) is 5.41 Å².